The number of piperidine rings is 1. The van der Waals surface area contributed by atoms with Gasteiger partial charge in [-0.3, -0.25) is 0 Å². The summed E-state index contributed by atoms with van der Waals surface area (Å²) in [5.41, 5.74) is 3.08. The minimum atomic E-state index is -0.459. The lowest BCUT2D eigenvalue weighted by Crippen LogP contribution is -2.44. The molecule has 0 radical (unpaired) electrons. The van der Waals surface area contributed by atoms with Crippen molar-refractivity contribution < 1.29 is 14.3 Å². The Hall–Kier alpha value is -2.69. The maximum absolute atomic E-state index is 12.2. The van der Waals surface area contributed by atoms with Gasteiger partial charge in [-0.25, -0.2) is 4.79 Å². The highest BCUT2D eigenvalue weighted by molar-refractivity contribution is 5.68. The van der Waals surface area contributed by atoms with E-state index in [4.69, 9.17) is 9.47 Å². The molecule has 156 valence electrons. The van der Waals surface area contributed by atoms with Crippen LogP contribution >= 0.6 is 0 Å². The minimum Gasteiger partial charge on any atom is -0.490 e. The zero-order valence-electron chi connectivity index (χ0n) is 18.1. The first-order valence-electron chi connectivity index (χ1n) is 10.2. The summed E-state index contributed by atoms with van der Waals surface area (Å²) in [7, 11) is 4.08. The van der Waals surface area contributed by atoms with Crippen LogP contribution < -0.4 is 9.64 Å². The highest BCUT2D eigenvalue weighted by atomic mass is 16.6. The number of rotatable bonds is 4. The van der Waals surface area contributed by atoms with E-state index in [0.717, 1.165) is 18.6 Å². The van der Waals surface area contributed by atoms with Crippen LogP contribution in [0.25, 0.3) is 11.1 Å². The summed E-state index contributed by atoms with van der Waals surface area (Å²) in [4.78, 5) is 16.0. The molecular weight excluding hydrogens is 364 g/mol. The van der Waals surface area contributed by atoms with E-state index in [-0.39, 0.29) is 12.2 Å². The Balaban J connectivity index is 1.52. The molecule has 29 heavy (non-hydrogen) atoms. The normalized spacial score (nSPS) is 15.1. The number of ether oxygens (including phenoxy) is 2. The molecule has 3 rings (SSSR count). The van der Waals surface area contributed by atoms with Crippen molar-refractivity contribution in [3.05, 3.63) is 48.5 Å². The first-order chi connectivity index (χ1) is 13.7. The number of anilines is 1. The van der Waals surface area contributed by atoms with Gasteiger partial charge in [0.05, 0.1) is 0 Å². The van der Waals surface area contributed by atoms with E-state index in [1.165, 1.54) is 16.8 Å². The van der Waals surface area contributed by atoms with Crippen LogP contribution in [0, 0.1) is 0 Å². The van der Waals surface area contributed by atoms with Gasteiger partial charge < -0.3 is 19.3 Å². The number of benzene rings is 2. The molecule has 2 aromatic carbocycles. The molecule has 0 saturated carbocycles. The largest absolute Gasteiger partial charge is 0.490 e. The summed E-state index contributed by atoms with van der Waals surface area (Å²) in [6.07, 6.45) is 1.51. The van der Waals surface area contributed by atoms with Crippen molar-refractivity contribution in [2.75, 3.05) is 32.1 Å². The Labute approximate surface area is 174 Å². The zero-order valence-corrected chi connectivity index (χ0v) is 18.1. The number of hydrogen-bond acceptors (Lipinski definition) is 4. The van der Waals surface area contributed by atoms with Crippen LogP contribution in [0.15, 0.2) is 48.5 Å². The zero-order chi connectivity index (χ0) is 21.0. The van der Waals surface area contributed by atoms with Crippen LogP contribution in [0.5, 0.6) is 5.75 Å². The average Bonchev–Trinajstić information content (AvgIpc) is 2.68. The number of likely N-dealkylation sites (tertiary alicyclic amines) is 1. The van der Waals surface area contributed by atoms with Gasteiger partial charge in [-0.15, -0.1) is 0 Å². The molecule has 0 aliphatic carbocycles. The monoisotopic (exact) mass is 396 g/mol. The fraction of sp³-hybridized carbons (Fsp3) is 0.458. The Morgan fingerprint density at radius 3 is 1.93 bits per heavy atom. The van der Waals surface area contributed by atoms with Gasteiger partial charge in [0.1, 0.15) is 17.5 Å². The standard InChI is InChI=1S/C24H32N2O3/c1-24(2,3)29-23(27)26-16-14-22(15-17-26)28-21-12-8-19(9-13-21)18-6-10-20(11-7-18)25(4)5/h6-13,22H,14-17H2,1-5H3. The summed E-state index contributed by atoms with van der Waals surface area (Å²) in [6, 6.07) is 16.8. The van der Waals surface area contributed by atoms with E-state index in [9.17, 15) is 4.79 Å². The number of carbonyl (C=O) groups excluding carboxylic acids is 1. The molecule has 0 bridgehead atoms. The number of hydrogen-bond donors (Lipinski definition) is 0. The third kappa shape index (κ3) is 5.89. The van der Waals surface area contributed by atoms with Gasteiger partial charge in [-0.1, -0.05) is 24.3 Å². The van der Waals surface area contributed by atoms with Crippen molar-refractivity contribution in [2.45, 2.75) is 45.3 Å². The van der Waals surface area contributed by atoms with Gasteiger partial charge in [-0.05, 0) is 56.2 Å². The van der Waals surface area contributed by atoms with Gasteiger partial charge in [0, 0.05) is 45.7 Å². The van der Waals surface area contributed by atoms with Crippen molar-refractivity contribution in [1.29, 1.82) is 0 Å². The van der Waals surface area contributed by atoms with Gasteiger partial charge in [0.15, 0.2) is 0 Å². The van der Waals surface area contributed by atoms with Crippen LogP contribution in [0.1, 0.15) is 33.6 Å². The number of carbonyl (C=O) groups is 1. The first-order valence-corrected chi connectivity index (χ1v) is 10.2. The van der Waals surface area contributed by atoms with Gasteiger partial charge in [0.2, 0.25) is 0 Å². The van der Waals surface area contributed by atoms with Crippen molar-refractivity contribution >= 4 is 11.8 Å². The highest BCUT2D eigenvalue weighted by Gasteiger charge is 2.27. The Kier molecular flexibility index (Phi) is 6.36. The van der Waals surface area contributed by atoms with Crippen LogP contribution in [0.2, 0.25) is 0 Å². The average molecular weight is 397 g/mol. The fourth-order valence-electron chi connectivity index (χ4n) is 3.35. The number of nitrogens with zero attached hydrogens (tertiary/aromatic N) is 2. The molecule has 1 aliphatic rings. The molecule has 2 aromatic rings. The molecule has 0 atom stereocenters. The van der Waals surface area contributed by atoms with E-state index < -0.39 is 5.60 Å². The minimum absolute atomic E-state index is 0.124. The van der Waals surface area contributed by atoms with Crippen LogP contribution in [0.4, 0.5) is 10.5 Å². The highest BCUT2D eigenvalue weighted by Crippen LogP contribution is 2.26. The molecule has 1 saturated heterocycles. The van der Waals surface area contributed by atoms with E-state index >= 15 is 0 Å². The predicted octanol–water partition coefficient (Wildman–Crippen LogP) is 5.20. The molecule has 1 aliphatic heterocycles. The van der Waals surface area contributed by atoms with Crippen molar-refractivity contribution in [3.63, 3.8) is 0 Å². The van der Waals surface area contributed by atoms with Crippen LogP contribution in [-0.2, 0) is 4.74 Å². The number of amides is 1. The maximum Gasteiger partial charge on any atom is 0.410 e. The summed E-state index contributed by atoms with van der Waals surface area (Å²) < 4.78 is 11.6. The van der Waals surface area contributed by atoms with E-state index in [0.29, 0.717) is 13.1 Å². The van der Waals surface area contributed by atoms with Crippen molar-refractivity contribution in [1.82, 2.24) is 4.90 Å². The second-order valence-corrected chi connectivity index (χ2v) is 8.75. The van der Waals surface area contributed by atoms with Crippen molar-refractivity contribution in [3.8, 4) is 16.9 Å². The van der Waals surface area contributed by atoms with Crippen LogP contribution in [0.3, 0.4) is 0 Å². The topological polar surface area (TPSA) is 42.0 Å². The summed E-state index contributed by atoms with van der Waals surface area (Å²) in [5, 5.41) is 0. The quantitative estimate of drug-likeness (QED) is 0.712. The Morgan fingerprint density at radius 1 is 0.931 bits per heavy atom. The first kappa shape index (κ1) is 21.0. The Bertz CT molecular complexity index is 800. The second-order valence-electron chi connectivity index (χ2n) is 8.75. The summed E-state index contributed by atoms with van der Waals surface area (Å²) >= 11 is 0. The van der Waals surface area contributed by atoms with Gasteiger partial charge in [-0.2, -0.15) is 0 Å². The maximum atomic E-state index is 12.2. The molecule has 5 heteroatoms. The van der Waals surface area contributed by atoms with E-state index in [2.05, 4.69) is 41.3 Å². The predicted molar refractivity (Wildman–Crippen MR) is 118 cm³/mol. The van der Waals surface area contributed by atoms with E-state index in [1.807, 2.05) is 47.0 Å². The van der Waals surface area contributed by atoms with Crippen LogP contribution in [-0.4, -0.2) is 49.9 Å². The molecule has 1 fully saturated rings. The molecule has 1 heterocycles. The van der Waals surface area contributed by atoms with Gasteiger partial charge >= 0.3 is 6.09 Å². The molecular formula is C24H32N2O3. The molecule has 0 spiro atoms. The summed E-state index contributed by atoms with van der Waals surface area (Å²) in [6.45, 7) is 6.99. The molecule has 0 aromatic heterocycles. The fourth-order valence-corrected chi connectivity index (χ4v) is 3.35. The molecule has 0 N–H and O–H groups in total. The lowest BCUT2D eigenvalue weighted by Gasteiger charge is -2.33. The molecule has 1 amide bonds. The third-order valence-electron chi connectivity index (χ3n) is 4.97. The lowest BCUT2D eigenvalue weighted by molar-refractivity contribution is 0.0126. The third-order valence-corrected chi connectivity index (χ3v) is 4.97. The van der Waals surface area contributed by atoms with Crippen molar-refractivity contribution in [2.24, 2.45) is 0 Å². The molecule has 5 nitrogen and oxygen atoms in total. The smallest absolute Gasteiger partial charge is 0.410 e. The lowest BCUT2D eigenvalue weighted by atomic mass is 10.0. The van der Waals surface area contributed by atoms with E-state index in [1.54, 1.807) is 4.90 Å². The van der Waals surface area contributed by atoms with Gasteiger partial charge in [0.25, 0.3) is 0 Å². The molecule has 0 unspecified atom stereocenters. The summed E-state index contributed by atoms with van der Waals surface area (Å²) in [5.74, 6) is 0.870. The second kappa shape index (κ2) is 8.76. The SMILES string of the molecule is CN(C)c1ccc(-c2ccc(OC3CCN(C(=O)OC(C)(C)C)CC3)cc2)cc1. The Morgan fingerprint density at radius 2 is 1.45 bits per heavy atom.